The Morgan fingerprint density at radius 1 is 1.08 bits per heavy atom. The number of rotatable bonds is 7. The SMILES string of the molecule is CC(C)(C)OC(=O)N1CCC(CCCC2CCN(c3cc(F)ncc3C(=O)Nc3cccc(Cl)n3)CC2)CC1. The van der Waals surface area contributed by atoms with Crippen LogP contribution in [-0.4, -0.2) is 58.6 Å². The summed E-state index contributed by atoms with van der Waals surface area (Å²) < 4.78 is 19.6. The van der Waals surface area contributed by atoms with Crippen LogP contribution in [0.25, 0.3) is 0 Å². The third kappa shape index (κ3) is 8.52. The van der Waals surface area contributed by atoms with Gasteiger partial charge in [0.05, 0.1) is 11.3 Å². The highest BCUT2D eigenvalue weighted by Gasteiger charge is 2.28. The van der Waals surface area contributed by atoms with E-state index in [1.165, 1.54) is 31.5 Å². The van der Waals surface area contributed by atoms with Gasteiger partial charge in [-0.1, -0.05) is 36.9 Å². The van der Waals surface area contributed by atoms with E-state index in [9.17, 15) is 14.0 Å². The minimum absolute atomic E-state index is 0.205. The lowest BCUT2D eigenvalue weighted by molar-refractivity contribution is 0.0180. The summed E-state index contributed by atoms with van der Waals surface area (Å²) in [5, 5.41) is 3.01. The lowest BCUT2D eigenvalue weighted by Gasteiger charge is -2.35. The molecule has 1 N–H and O–H groups in total. The second kappa shape index (κ2) is 12.9. The Bertz CT molecular complexity index is 1140. The first kappa shape index (κ1) is 29.1. The molecule has 2 aliphatic heterocycles. The number of hydrogen-bond acceptors (Lipinski definition) is 6. The summed E-state index contributed by atoms with van der Waals surface area (Å²) in [6, 6.07) is 6.31. The molecule has 2 saturated heterocycles. The number of halogens is 2. The smallest absolute Gasteiger partial charge is 0.410 e. The number of amides is 2. The van der Waals surface area contributed by atoms with Crippen molar-refractivity contribution in [1.82, 2.24) is 14.9 Å². The highest BCUT2D eigenvalue weighted by atomic mass is 35.5. The van der Waals surface area contributed by atoms with Crippen molar-refractivity contribution >= 4 is 35.1 Å². The molecule has 0 saturated carbocycles. The van der Waals surface area contributed by atoms with Gasteiger partial charge in [0.1, 0.15) is 16.6 Å². The van der Waals surface area contributed by atoms with Crippen LogP contribution in [0.2, 0.25) is 5.15 Å². The fourth-order valence-corrected chi connectivity index (χ4v) is 5.57. The Labute approximate surface area is 235 Å². The summed E-state index contributed by atoms with van der Waals surface area (Å²) in [5.74, 6) is 0.590. The molecule has 2 amide bonds. The fourth-order valence-electron chi connectivity index (χ4n) is 5.41. The van der Waals surface area contributed by atoms with Crippen molar-refractivity contribution in [3.8, 4) is 0 Å². The Kier molecular flexibility index (Phi) is 9.64. The molecule has 10 heteroatoms. The quantitative estimate of drug-likeness (QED) is 0.387. The van der Waals surface area contributed by atoms with Crippen LogP contribution in [0.4, 0.5) is 20.7 Å². The molecule has 0 spiro atoms. The number of carbonyl (C=O) groups is 2. The standard InChI is InChI=1S/C29H39ClFN5O3/c1-29(2,3)39-28(38)36-16-12-21(13-17-36)7-4-6-20-10-14-35(15-11-20)23-18-25(31)32-19-22(23)27(37)34-26-9-5-8-24(30)33-26/h5,8-9,18-21H,4,6-7,10-17H2,1-3H3,(H,33,34,37). The number of anilines is 2. The second-order valence-corrected chi connectivity index (χ2v) is 12.0. The molecule has 0 bridgehead atoms. The Morgan fingerprint density at radius 3 is 2.33 bits per heavy atom. The van der Waals surface area contributed by atoms with E-state index < -0.39 is 17.5 Å². The zero-order valence-electron chi connectivity index (χ0n) is 23.1. The summed E-state index contributed by atoms with van der Waals surface area (Å²) >= 11 is 5.93. The van der Waals surface area contributed by atoms with Crippen molar-refractivity contribution in [2.24, 2.45) is 11.8 Å². The Hall–Kier alpha value is -2.94. The molecule has 0 aliphatic carbocycles. The predicted octanol–water partition coefficient (Wildman–Crippen LogP) is 6.56. The topological polar surface area (TPSA) is 87.7 Å². The van der Waals surface area contributed by atoms with E-state index in [0.29, 0.717) is 28.9 Å². The molecule has 4 heterocycles. The summed E-state index contributed by atoms with van der Waals surface area (Å²) in [6.07, 6.45) is 8.65. The van der Waals surface area contributed by atoms with Gasteiger partial charge in [0.2, 0.25) is 5.95 Å². The van der Waals surface area contributed by atoms with Gasteiger partial charge in [-0.15, -0.1) is 0 Å². The first-order valence-electron chi connectivity index (χ1n) is 13.9. The number of likely N-dealkylation sites (tertiary alicyclic amines) is 1. The van der Waals surface area contributed by atoms with E-state index in [2.05, 4.69) is 20.2 Å². The number of pyridine rings is 2. The summed E-state index contributed by atoms with van der Waals surface area (Å²) in [7, 11) is 0. The van der Waals surface area contributed by atoms with Crippen LogP contribution >= 0.6 is 11.6 Å². The maximum atomic E-state index is 14.1. The van der Waals surface area contributed by atoms with Crippen LogP contribution in [0.15, 0.2) is 30.5 Å². The van der Waals surface area contributed by atoms with Gasteiger partial charge in [0.25, 0.3) is 5.91 Å². The van der Waals surface area contributed by atoms with E-state index in [1.807, 2.05) is 25.7 Å². The monoisotopic (exact) mass is 559 g/mol. The largest absolute Gasteiger partial charge is 0.444 e. The number of nitrogens with zero attached hydrogens (tertiary/aromatic N) is 4. The number of carbonyl (C=O) groups excluding carboxylic acids is 2. The van der Waals surface area contributed by atoms with Crippen molar-refractivity contribution in [2.45, 2.75) is 71.3 Å². The molecule has 2 aliphatic rings. The van der Waals surface area contributed by atoms with Crippen molar-refractivity contribution in [3.05, 3.63) is 47.1 Å². The van der Waals surface area contributed by atoms with E-state index in [0.717, 1.165) is 51.9 Å². The molecule has 2 aromatic rings. The molecular weight excluding hydrogens is 521 g/mol. The molecular formula is C29H39ClFN5O3. The zero-order valence-corrected chi connectivity index (χ0v) is 23.8. The van der Waals surface area contributed by atoms with Gasteiger partial charge < -0.3 is 19.9 Å². The van der Waals surface area contributed by atoms with Gasteiger partial charge >= 0.3 is 6.09 Å². The minimum atomic E-state index is -0.609. The maximum absolute atomic E-state index is 14.1. The number of nitrogens with one attached hydrogen (secondary N) is 1. The average molecular weight is 560 g/mol. The van der Waals surface area contributed by atoms with Gasteiger partial charge in [-0.25, -0.2) is 14.8 Å². The molecule has 4 rings (SSSR count). The normalized spacial score (nSPS) is 17.3. The molecule has 0 radical (unpaired) electrons. The Balaban J connectivity index is 1.22. The second-order valence-electron chi connectivity index (χ2n) is 11.6. The number of aromatic nitrogens is 2. The maximum Gasteiger partial charge on any atom is 0.410 e. The molecule has 0 unspecified atom stereocenters. The fraction of sp³-hybridized carbons (Fsp3) is 0.586. The van der Waals surface area contributed by atoms with Crippen molar-refractivity contribution in [3.63, 3.8) is 0 Å². The average Bonchev–Trinajstić information content (AvgIpc) is 2.88. The molecule has 2 fully saturated rings. The third-order valence-electron chi connectivity index (χ3n) is 7.50. The molecule has 2 aromatic heterocycles. The highest BCUT2D eigenvalue weighted by molar-refractivity contribution is 6.29. The molecule has 0 aromatic carbocycles. The Morgan fingerprint density at radius 2 is 1.72 bits per heavy atom. The lowest BCUT2D eigenvalue weighted by Crippen LogP contribution is -2.41. The summed E-state index contributed by atoms with van der Waals surface area (Å²) in [5.41, 5.74) is 0.406. The van der Waals surface area contributed by atoms with Crippen molar-refractivity contribution in [2.75, 3.05) is 36.4 Å². The number of ether oxygens (including phenoxy) is 1. The minimum Gasteiger partial charge on any atom is -0.444 e. The van der Waals surface area contributed by atoms with Gasteiger partial charge in [-0.2, -0.15) is 4.39 Å². The van der Waals surface area contributed by atoms with E-state index in [4.69, 9.17) is 16.3 Å². The summed E-state index contributed by atoms with van der Waals surface area (Å²) in [4.78, 5) is 37.0. The van der Waals surface area contributed by atoms with E-state index in [-0.39, 0.29) is 11.2 Å². The first-order chi connectivity index (χ1) is 18.6. The lowest BCUT2D eigenvalue weighted by atomic mass is 9.86. The van der Waals surface area contributed by atoms with Crippen LogP contribution in [0, 0.1) is 17.8 Å². The van der Waals surface area contributed by atoms with Gasteiger partial charge in [-0.3, -0.25) is 4.79 Å². The van der Waals surface area contributed by atoms with Crippen LogP contribution < -0.4 is 10.2 Å². The summed E-state index contributed by atoms with van der Waals surface area (Å²) in [6.45, 7) is 8.75. The zero-order chi connectivity index (χ0) is 28.0. The van der Waals surface area contributed by atoms with Crippen molar-refractivity contribution < 1.29 is 18.7 Å². The van der Waals surface area contributed by atoms with Crippen molar-refractivity contribution in [1.29, 1.82) is 0 Å². The van der Waals surface area contributed by atoms with Gasteiger partial charge in [0.15, 0.2) is 0 Å². The molecule has 8 nitrogen and oxygen atoms in total. The van der Waals surface area contributed by atoms with Crippen LogP contribution in [0.3, 0.4) is 0 Å². The number of piperidine rings is 2. The third-order valence-corrected chi connectivity index (χ3v) is 7.71. The van der Waals surface area contributed by atoms with Crippen LogP contribution in [0.1, 0.15) is 76.1 Å². The van der Waals surface area contributed by atoms with E-state index >= 15 is 0 Å². The predicted molar refractivity (Wildman–Crippen MR) is 151 cm³/mol. The van der Waals surface area contributed by atoms with Crippen LogP contribution in [-0.2, 0) is 4.74 Å². The molecule has 39 heavy (non-hydrogen) atoms. The highest BCUT2D eigenvalue weighted by Crippen LogP contribution is 2.31. The molecule has 0 atom stereocenters. The number of hydrogen-bond donors (Lipinski definition) is 1. The van der Waals surface area contributed by atoms with Gasteiger partial charge in [0, 0.05) is 38.4 Å². The van der Waals surface area contributed by atoms with Gasteiger partial charge in [-0.05, 0) is 70.4 Å². The first-order valence-corrected chi connectivity index (χ1v) is 14.3. The van der Waals surface area contributed by atoms with E-state index in [1.54, 1.807) is 18.2 Å². The molecule has 212 valence electrons. The van der Waals surface area contributed by atoms with Crippen LogP contribution in [0.5, 0.6) is 0 Å².